The lowest BCUT2D eigenvalue weighted by molar-refractivity contribution is -0.162. The van der Waals surface area contributed by atoms with Crippen LogP contribution in [-0.4, -0.2) is 40.7 Å². The first-order valence-corrected chi connectivity index (χ1v) is 12.9. The number of urea groups is 1. The molecule has 4 amide bonds. The Morgan fingerprint density at radius 1 is 0.811 bits per heavy atom. The summed E-state index contributed by atoms with van der Waals surface area (Å²) in [7, 11) is 0. The fourth-order valence-corrected chi connectivity index (χ4v) is 4.95. The Bertz CT molecular complexity index is 1100. The number of hydrogen-bond acceptors (Lipinski definition) is 3. The number of nitrogens with zero attached hydrogens (tertiary/aromatic N) is 2. The number of barbiturate groups is 1. The highest BCUT2D eigenvalue weighted by molar-refractivity contribution is 6.19. The molecule has 0 atom stereocenters. The largest absolute Gasteiger partial charge is 0.334 e. The first-order chi connectivity index (χ1) is 17.7. The van der Waals surface area contributed by atoms with Crippen LogP contribution < -0.4 is 0 Å². The number of amides is 4. The zero-order valence-electron chi connectivity index (χ0n) is 22.4. The molecule has 1 fully saturated rings. The Hall–Kier alpha value is -3.73. The fraction of sp³-hybridized carbons (Fsp3) is 0.344. The van der Waals surface area contributed by atoms with Gasteiger partial charge in [-0.25, -0.2) is 4.79 Å². The first-order valence-electron chi connectivity index (χ1n) is 12.9. The van der Waals surface area contributed by atoms with Crippen molar-refractivity contribution in [1.29, 1.82) is 0 Å². The van der Waals surface area contributed by atoms with E-state index in [0.717, 1.165) is 22.3 Å². The Labute approximate surface area is 221 Å². The molecule has 0 radical (unpaired) electrons. The van der Waals surface area contributed by atoms with Crippen LogP contribution in [-0.2, 0) is 9.59 Å². The van der Waals surface area contributed by atoms with Crippen LogP contribution in [0.3, 0.4) is 0 Å². The lowest BCUT2D eigenvalue weighted by Gasteiger charge is -2.46. The van der Waals surface area contributed by atoms with Gasteiger partial charge >= 0.3 is 6.03 Å². The van der Waals surface area contributed by atoms with Gasteiger partial charge in [0.1, 0.15) is 5.41 Å². The third-order valence-electron chi connectivity index (χ3n) is 6.92. The molecule has 194 valence electrons. The SMILES string of the molecule is C=CCCCC1(C(C)C)C(=O)N(C/C(C)=C/c2ccccc2)C(=O)N(C/C(C)=C/c2ccccc2)C1=O. The molecule has 2 aromatic rings. The molecule has 1 aliphatic heterocycles. The molecule has 5 nitrogen and oxygen atoms in total. The zero-order valence-corrected chi connectivity index (χ0v) is 22.4. The van der Waals surface area contributed by atoms with Crippen LogP contribution in [0, 0.1) is 11.3 Å². The normalized spacial score (nSPS) is 16.5. The topological polar surface area (TPSA) is 57.7 Å². The molecule has 0 spiro atoms. The molecule has 5 heteroatoms. The van der Waals surface area contributed by atoms with E-state index < -0.39 is 23.3 Å². The van der Waals surface area contributed by atoms with Gasteiger partial charge in [-0.2, -0.15) is 0 Å². The van der Waals surface area contributed by atoms with E-state index in [1.807, 2.05) is 101 Å². The summed E-state index contributed by atoms with van der Waals surface area (Å²) in [5.74, 6) is -1.07. The second-order valence-corrected chi connectivity index (χ2v) is 10.2. The molecule has 1 heterocycles. The second-order valence-electron chi connectivity index (χ2n) is 10.2. The lowest BCUT2D eigenvalue weighted by Crippen LogP contribution is -2.67. The molecule has 0 N–H and O–H groups in total. The van der Waals surface area contributed by atoms with Crippen molar-refractivity contribution in [3.8, 4) is 0 Å². The summed E-state index contributed by atoms with van der Waals surface area (Å²) < 4.78 is 0. The van der Waals surface area contributed by atoms with E-state index in [9.17, 15) is 14.4 Å². The van der Waals surface area contributed by atoms with Crippen LogP contribution in [0.1, 0.15) is 58.1 Å². The molecule has 0 unspecified atom stereocenters. The molecule has 1 saturated heterocycles. The van der Waals surface area contributed by atoms with E-state index in [0.29, 0.717) is 19.3 Å². The van der Waals surface area contributed by atoms with Gasteiger partial charge in [-0.05, 0) is 50.2 Å². The van der Waals surface area contributed by atoms with Crippen molar-refractivity contribution in [3.05, 3.63) is 95.6 Å². The van der Waals surface area contributed by atoms with E-state index in [-0.39, 0.29) is 19.0 Å². The van der Waals surface area contributed by atoms with Crippen molar-refractivity contribution >= 4 is 30.0 Å². The van der Waals surface area contributed by atoms with Gasteiger partial charge in [0.05, 0.1) is 13.1 Å². The average Bonchev–Trinajstić information content (AvgIpc) is 2.87. The second kappa shape index (κ2) is 12.5. The number of rotatable bonds is 11. The summed E-state index contributed by atoms with van der Waals surface area (Å²) in [5, 5.41) is 0. The van der Waals surface area contributed by atoms with E-state index >= 15 is 0 Å². The summed E-state index contributed by atoms with van der Waals surface area (Å²) in [6.45, 7) is 11.7. The van der Waals surface area contributed by atoms with Gasteiger partial charge in [0, 0.05) is 0 Å². The van der Waals surface area contributed by atoms with Crippen LogP contribution in [0.25, 0.3) is 12.2 Å². The van der Waals surface area contributed by atoms with Gasteiger partial charge in [0.25, 0.3) is 0 Å². The van der Waals surface area contributed by atoms with E-state index in [4.69, 9.17) is 0 Å². The highest BCUT2D eigenvalue weighted by atomic mass is 16.2. The van der Waals surface area contributed by atoms with E-state index in [2.05, 4.69) is 6.58 Å². The molecular formula is C32H38N2O3. The van der Waals surface area contributed by atoms with Gasteiger partial charge < -0.3 is 0 Å². The summed E-state index contributed by atoms with van der Waals surface area (Å²) in [4.78, 5) is 44.3. The third-order valence-corrected chi connectivity index (χ3v) is 6.92. The predicted octanol–water partition coefficient (Wildman–Crippen LogP) is 6.98. The lowest BCUT2D eigenvalue weighted by atomic mass is 9.69. The molecule has 37 heavy (non-hydrogen) atoms. The quantitative estimate of drug-likeness (QED) is 0.191. The minimum absolute atomic E-state index is 0.133. The van der Waals surface area contributed by atoms with Crippen LogP contribution in [0.4, 0.5) is 4.79 Å². The maximum Gasteiger partial charge on any atom is 0.334 e. The van der Waals surface area contributed by atoms with Gasteiger partial charge in [-0.15, -0.1) is 6.58 Å². The molecule has 0 aliphatic carbocycles. The highest BCUT2D eigenvalue weighted by Gasteiger charge is 2.58. The van der Waals surface area contributed by atoms with Crippen molar-refractivity contribution in [3.63, 3.8) is 0 Å². The molecule has 2 aromatic carbocycles. The maximum atomic E-state index is 14.0. The molecular weight excluding hydrogens is 460 g/mol. The summed E-state index contributed by atoms with van der Waals surface area (Å²) in [5.41, 5.74) is 2.42. The predicted molar refractivity (Wildman–Crippen MR) is 150 cm³/mol. The van der Waals surface area contributed by atoms with Gasteiger partial charge in [0.15, 0.2) is 0 Å². The number of benzene rings is 2. The van der Waals surface area contributed by atoms with Crippen LogP contribution in [0.15, 0.2) is 84.5 Å². The van der Waals surface area contributed by atoms with Crippen molar-refractivity contribution in [1.82, 2.24) is 9.80 Å². The van der Waals surface area contributed by atoms with Crippen molar-refractivity contribution in [2.75, 3.05) is 13.1 Å². The molecule has 3 rings (SSSR count). The smallest absolute Gasteiger partial charge is 0.273 e. The number of hydrogen-bond donors (Lipinski definition) is 0. The summed E-state index contributed by atoms with van der Waals surface area (Å²) >= 11 is 0. The third kappa shape index (κ3) is 6.34. The van der Waals surface area contributed by atoms with Crippen LogP contribution >= 0.6 is 0 Å². The number of unbranched alkanes of at least 4 members (excludes halogenated alkanes) is 1. The molecule has 0 saturated carbocycles. The summed E-state index contributed by atoms with van der Waals surface area (Å²) in [6, 6.07) is 19.0. The number of imide groups is 2. The van der Waals surface area contributed by atoms with Crippen molar-refractivity contribution in [2.24, 2.45) is 11.3 Å². The number of carbonyl (C=O) groups is 3. The van der Waals surface area contributed by atoms with E-state index in [1.165, 1.54) is 9.80 Å². The zero-order chi connectivity index (χ0) is 27.0. The number of allylic oxidation sites excluding steroid dienone is 1. The van der Waals surface area contributed by atoms with Crippen LogP contribution in [0.2, 0.25) is 0 Å². The molecule has 0 aromatic heterocycles. The van der Waals surface area contributed by atoms with Crippen molar-refractivity contribution < 1.29 is 14.4 Å². The Morgan fingerprint density at radius 3 is 1.62 bits per heavy atom. The average molecular weight is 499 g/mol. The molecule has 0 bridgehead atoms. The monoisotopic (exact) mass is 498 g/mol. The van der Waals surface area contributed by atoms with Gasteiger partial charge in [-0.3, -0.25) is 19.4 Å². The first kappa shape index (κ1) is 27.9. The van der Waals surface area contributed by atoms with Crippen molar-refractivity contribution in [2.45, 2.75) is 47.0 Å². The number of carbonyl (C=O) groups excluding carboxylic acids is 3. The minimum Gasteiger partial charge on any atom is -0.273 e. The fourth-order valence-electron chi connectivity index (χ4n) is 4.95. The van der Waals surface area contributed by atoms with Crippen LogP contribution in [0.5, 0.6) is 0 Å². The Kier molecular flexibility index (Phi) is 9.40. The minimum atomic E-state index is -1.29. The Balaban J connectivity index is 2.00. The standard InChI is InChI=1S/C32H38N2O3/c1-6-7-14-19-32(24(2)3)29(35)33(22-25(4)20-27-15-10-8-11-16-27)31(37)34(30(32)36)23-26(5)21-28-17-12-9-13-18-28/h6,8-13,15-18,20-21,24H,1,7,14,19,22-23H2,2-5H3/b25-20+,26-21+. The maximum absolute atomic E-state index is 14.0. The van der Waals surface area contributed by atoms with Gasteiger partial charge in [0.2, 0.25) is 11.8 Å². The van der Waals surface area contributed by atoms with E-state index in [1.54, 1.807) is 6.08 Å². The highest BCUT2D eigenvalue weighted by Crippen LogP contribution is 2.41. The Morgan fingerprint density at radius 2 is 1.24 bits per heavy atom. The molecule has 1 aliphatic rings. The van der Waals surface area contributed by atoms with Gasteiger partial charge in [-0.1, -0.05) is 104 Å². The summed E-state index contributed by atoms with van der Waals surface area (Å²) in [6.07, 6.45) is 7.45.